The van der Waals surface area contributed by atoms with Crippen molar-refractivity contribution in [3.63, 3.8) is 0 Å². The summed E-state index contributed by atoms with van der Waals surface area (Å²) in [6.45, 7) is 1.25. The van der Waals surface area contributed by atoms with E-state index >= 15 is 0 Å². The predicted molar refractivity (Wildman–Crippen MR) is 126 cm³/mol. The number of H-pyrrole nitrogens is 1. The van der Waals surface area contributed by atoms with Crippen LogP contribution in [-0.2, 0) is 17.6 Å². The minimum Gasteiger partial charge on any atom is -0.465 e. The lowest BCUT2D eigenvalue weighted by molar-refractivity contribution is -0.127. The Kier molecular flexibility index (Phi) is 6.28. The number of carbonyl (C=O) groups is 2. The molecule has 0 bridgehead atoms. The molecule has 33 heavy (non-hydrogen) atoms. The number of carbonyl (C=O) groups excluding carboxylic acids is 1. The van der Waals surface area contributed by atoms with Crippen molar-refractivity contribution in [3.05, 3.63) is 78.1 Å². The number of aromatic amines is 1. The summed E-state index contributed by atoms with van der Waals surface area (Å²) in [5.41, 5.74) is 1.88. The molecule has 0 saturated carbocycles. The molecule has 0 aliphatic heterocycles. The van der Waals surface area contributed by atoms with E-state index in [-0.39, 0.29) is 13.0 Å². The number of aromatic nitrogens is 2. The van der Waals surface area contributed by atoms with Crippen LogP contribution in [0.3, 0.4) is 0 Å². The Morgan fingerprint density at radius 1 is 1.06 bits per heavy atom. The largest absolute Gasteiger partial charge is 0.465 e. The van der Waals surface area contributed by atoms with Crippen molar-refractivity contribution >= 4 is 33.8 Å². The second-order valence-electron chi connectivity index (χ2n) is 8.37. The predicted octanol–water partition coefficient (Wildman–Crippen LogP) is 3.00. The number of para-hydroxylation sites is 1. The fourth-order valence-corrected chi connectivity index (χ4v) is 4.07. The summed E-state index contributed by atoms with van der Waals surface area (Å²) < 4.78 is 0. The number of fused-ring (bicyclic) bond motifs is 3. The Hall–Kier alpha value is -3.91. The lowest BCUT2D eigenvalue weighted by atomic mass is 9.93. The molecule has 2 amide bonds. The normalized spacial score (nSPS) is 14.0. The molecular weight excluding hydrogens is 420 g/mol. The fourth-order valence-electron chi connectivity index (χ4n) is 4.07. The summed E-state index contributed by atoms with van der Waals surface area (Å²) in [6, 6.07) is 18.6. The standard InChI is InChI=1S/C25H26N4O4/c1-25(29-24(32)33,23(31)27-18(15-30)11-16-7-3-2-4-8-16)13-17-12-20-19-9-5-6-10-21(19)28-22(20)14-26-17/h2-10,12,14,18,28-30H,11,13,15H2,1H3,(H,27,31)(H,32,33). The van der Waals surface area contributed by atoms with Gasteiger partial charge in [0.15, 0.2) is 0 Å². The van der Waals surface area contributed by atoms with Crippen LogP contribution >= 0.6 is 0 Å². The van der Waals surface area contributed by atoms with Gasteiger partial charge in [-0.2, -0.15) is 0 Å². The minimum atomic E-state index is -1.48. The molecule has 170 valence electrons. The van der Waals surface area contributed by atoms with Gasteiger partial charge >= 0.3 is 6.09 Å². The van der Waals surface area contributed by atoms with E-state index in [0.717, 1.165) is 27.4 Å². The molecule has 4 aromatic rings. The van der Waals surface area contributed by atoms with Gasteiger partial charge in [0.1, 0.15) is 5.54 Å². The van der Waals surface area contributed by atoms with E-state index in [0.29, 0.717) is 12.1 Å². The van der Waals surface area contributed by atoms with Crippen molar-refractivity contribution < 1.29 is 19.8 Å². The molecule has 2 unspecified atom stereocenters. The highest BCUT2D eigenvalue weighted by atomic mass is 16.4. The molecule has 0 aliphatic rings. The lowest BCUT2D eigenvalue weighted by Crippen LogP contribution is -2.60. The highest BCUT2D eigenvalue weighted by Crippen LogP contribution is 2.26. The zero-order valence-corrected chi connectivity index (χ0v) is 18.2. The smallest absolute Gasteiger partial charge is 0.405 e. The van der Waals surface area contributed by atoms with E-state index in [1.54, 1.807) is 6.20 Å². The molecule has 5 N–H and O–H groups in total. The zero-order valence-electron chi connectivity index (χ0n) is 18.2. The highest BCUT2D eigenvalue weighted by molar-refractivity contribution is 6.07. The van der Waals surface area contributed by atoms with Crippen molar-refractivity contribution in [2.45, 2.75) is 31.3 Å². The number of amides is 2. The van der Waals surface area contributed by atoms with Crippen molar-refractivity contribution in [2.24, 2.45) is 0 Å². The maximum Gasteiger partial charge on any atom is 0.405 e. The Labute approximate surface area is 190 Å². The van der Waals surface area contributed by atoms with Crippen LogP contribution in [0.2, 0.25) is 0 Å². The summed E-state index contributed by atoms with van der Waals surface area (Å²) in [4.78, 5) is 32.5. The second kappa shape index (κ2) is 9.30. The number of pyridine rings is 1. The molecule has 4 rings (SSSR count). The molecule has 2 aromatic heterocycles. The number of aliphatic hydroxyl groups is 1. The van der Waals surface area contributed by atoms with Crippen LogP contribution in [0.4, 0.5) is 4.79 Å². The first-order chi connectivity index (χ1) is 15.9. The Morgan fingerprint density at radius 2 is 1.79 bits per heavy atom. The third-order valence-electron chi connectivity index (χ3n) is 5.75. The minimum absolute atomic E-state index is 0.0457. The topological polar surface area (TPSA) is 127 Å². The van der Waals surface area contributed by atoms with Crippen LogP contribution in [0.5, 0.6) is 0 Å². The molecule has 0 saturated heterocycles. The summed E-state index contributed by atoms with van der Waals surface area (Å²) in [5, 5.41) is 26.3. The average molecular weight is 447 g/mol. The van der Waals surface area contributed by atoms with E-state index in [1.165, 1.54) is 6.92 Å². The van der Waals surface area contributed by atoms with Crippen molar-refractivity contribution in [1.29, 1.82) is 0 Å². The van der Waals surface area contributed by atoms with Gasteiger partial charge < -0.3 is 25.8 Å². The van der Waals surface area contributed by atoms with E-state index < -0.39 is 23.6 Å². The SMILES string of the molecule is CC(Cc1cc2c(cn1)[nH]c1ccccc12)(NC(=O)O)C(=O)NC(CO)Cc1ccccc1. The molecule has 2 aromatic carbocycles. The van der Waals surface area contributed by atoms with Gasteiger partial charge in [0.2, 0.25) is 5.91 Å². The fraction of sp³-hybridized carbons (Fsp3) is 0.240. The average Bonchev–Trinajstić information content (AvgIpc) is 3.16. The number of hydrogen-bond acceptors (Lipinski definition) is 4. The Balaban J connectivity index is 1.58. The molecular formula is C25H26N4O4. The van der Waals surface area contributed by atoms with Crippen molar-refractivity contribution in [2.75, 3.05) is 6.61 Å². The summed E-state index contributed by atoms with van der Waals surface area (Å²) in [6.07, 6.45) is 0.843. The number of rotatable bonds is 8. The van der Waals surface area contributed by atoms with E-state index in [4.69, 9.17) is 0 Å². The third kappa shape index (κ3) is 4.96. The van der Waals surface area contributed by atoms with Crippen LogP contribution in [-0.4, -0.2) is 50.4 Å². The molecule has 0 aliphatic carbocycles. The van der Waals surface area contributed by atoms with Crippen LogP contribution in [0.25, 0.3) is 21.8 Å². The Morgan fingerprint density at radius 3 is 2.52 bits per heavy atom. The van der Waals surface area contributed by atoms with Crippen LogP contribution in [0.1, 0.15) is 18.2 Å². The van der Waals surface area contributed by atoms with Crippen molar-refractivity contribution in [3.8, 4) is 0 Å². The van der Waals surface area contributed by atoms with E-state index in [9.17, 15) is 19.8 Å². The number of carboxylic acid groups (broad SMARTS) is 1. The molecule has 0 spiro atoms. The van der Waals surface area contributed by atoms with Gasteiger partial charge in [0, 0.05) is 28.4 Å². The van der Waals surface area contributed by atoms with Gasteiger partial charge in [-0.3, -0.25) is 9.78 Å². The quantitative estimate of drug-likeness (QED) is 0.284. The number of benzene rings is 2. The maximum atomic E-state index is 13.2. The van der Waals surface area contributed by atoms with Gasteiger partial charge in [0.05, 0.1) is 24.4 Å². The lowest BCUT2D eigenvalue weighted by Gasteiger charge is -2.30. The number of nitrogens with zero attached hydrogens (tertiary/aromatic N) is 1. The number of nitrogens with one attached hydrogen (secondary N) is 3. The number of aliphatic hydroxyl groups excluding tert-OH is 1. The maximum absolute atomic E-state index is 13.2. The van der Waals surface area contributed by atoms with E-state index in [1.807, 2.05) is 60.7 Å². The monoisotopic (exact) mass is 446 g/mol. The summed E-state index contributed by atoms with van der Waals surface area (Å²) in [7, 11) is 0. The van der Waals surface area contributed by atoms with Gasteiger partial charge in [-0.25, -0.2) is 4.79 Å². The van der Waals surface area contributed by atoms with Gasteiger partial charge in [-0.15, -0.1) is 0 Å². The van der Waals surface area contributed by atoms with Gasteiger partial charge in [-0.05, 0) is 31.0 Å². The molecule has 2 heterocycles. The summed E-state index contributed by atoms with van der Waals surface area (Å²) in [5.74, 6) is -0.527. The Bertz CT molecular complexity index is 1290. The molecule has 0 fully saturated rings. The van der Waals surface area contributed by atoms with Gasteiger partial charge in [0.25, 0.3) is 0 Å². The molecule has 8 nitrogen and oxygen atoms in total. The van der Waals surface area contributed by atoms with Gasteiger partial charge in [-0.1, -0.05) is 48.5 Å². The first-order valence-corrected chi connectivity index (χ1v) is 10.7. The summed E-state index contributed by atoms with van der Waals surface area (Å²) >= 11 is 0. The molecule has 8 heteroatoms. The van der Waals surface area contributed by atoms with Crippen LogP contribution < -0.4 is 10.6 Å². The second-order valence-corrected chi connectivity index (χ2v) is 8.37. The first kappa shape index (κ1) is 22.3. The number of hydrogen-bond donors (Lipinski definition) is 5. The van der Waals surface area contributed by atoms with Crippen molar-refractivity contribution in [1.82, 2.24) is 20.6 Å². The highest BCUT2D eigenvalue weighted by Gasteiger charge is 2.37. The molecule has 2 atom stereocenters. The molecule has 0 radical (unpaired) electrons. The van der Waals surface area contributed by atoms with Crippen LogP contribution in [0.15, 0.2) is 66.9 Å². The first-order valence-electron chi connectivity index (χ1n) is 10.7. The van der Waals surface area contributed by atoms with E-state index in [2.05, 4.69) is 20.6 Å². The zero-order chi connectivity index (χ0) is 23.4. The third-order valence-corrected chi connectivity index (χ3v) is 5.75. The van der Waals surface area contributed by atoms with Crippen LogP contribution in [0, 0.1) is 0 Å².